The number of nitrogens with zero attached hydrogens (tertiary/aromatic N) is 3. The van der Waals surface area contributed by atoms with E-state index in [1.807, 2.05) is 36.1 Å². The summed E-state index contributed by atoms with van der Waals surface area (Å²) < 4.78 is 0. The number of piperidine rings is 1. The smallest absolute Gasteiger partial charge is 0.261 e. The zero-order chi connectivity index (χ0) is 22.2. The number of hydrogen-bond acceptors (Lipinski definition) is 5. The standard InChI is InChI=1S/C24H30N4O3/c1-16(29)27-11-9-17(10-12-27)15-28-22(31)24(2,26-23(28)25)20-7-3-5-18(13-20)19-6-4-8-21(30)14-19/h3,5,7-8,13-14,17,30H,4,6,9-12,15H2,1-2H3,(H2,25,26). The summed E-state index contributed by atoms with van der Waals surface area (Å²) >= 11 is 0. The minimum atomic E-state index is -1.06. The van der Waals surface area contributed by atoms with Crippen LogP contribution < -0.4 is 5.73 Å². The minimum Gasteiger partial charge on any atom is -0.508 e. The van der Waals surface area contributed by atoms with Crippen molar-refractivity contribution in [2.75, 3.05) is 19.6 Å². The molecule has 0 bridgehead atoms. The van der Waals surface area contributed by atoms with Gasteiger partial charge in [0.1, 0.15) is 5.76 Å². The van der Waals surface area contributed by atoms with Gasteiger partial charge in [0.2, 0.25) is 5.91 Å². The molecule has 7 heteroatoms. The highest BCUT2D eigenvalue weighted by atomic mass is 16.3. The Balaban J connectivity index is 1.51. The third kappa shape index (κ3) is 4.09. The fraction of sp³-hybridized carbons (Fsp3) is 0.458. The maximum Gasteiger partial charge on any atom is 0.261 e. The summed E-state index contributed by atoms with van der Waals surface area (Å²) in [6.45, 7) is 5.37. The molecule has 1 aromatic carbocycles. The number of rotatable bonds is 4. The molecular formula is C24H30N4O3. The second-order valence-corrected chi connectivity index (χ2v) is 8.83. The summed E-state index contributed by atoms with van der Waals surface area (Å²) in [7, 11) is 0. The van der Waals surface area contributed by atoms with Crippen LogP contribution in [0.1, 0.15) is 50.7 Å². The van der Waals surface area contributed by atoms with Crippen molar-refractivity contribution in [3.63, 3.8) is 0 Å². The number of aliphatic imine (C=N–C) groups is 1. The highest BCUT2D eigenvalue weighted by Crippen LogP contribution is 2.36. The van der Waals surface area contributed by atoms with Crippen molar-refractivity contribution in [1.29, 1.82) is 0 Å². The SMILES string of the molecule is CC(=O)N1CCC(CN2C(=O)C(C)(c3cccc(C4=CC(O)=CCC4)c3)N=C2N)CC1. The number of aliphatic hydroxyl groups is 1. The van der Waals surface area contributed by atoms with Gasteiger partial charge in [-0.3, -0.25) is 14.5 Å². The quantitative estimate of drug-likeness (QED) is 0.779. The molecule has 0 aromatic heterocycles. The lowest BCUT2D eigenvalue weighted by atomic mass is 9.87. The van der Waals surface area contributed by atoms with Gasteiger partial charge in [-0.05, 0) is 73.4 Å². The van der Waals surface area contributed by atoms with Gasteiger partial charge < -0.3 is 15.7 Å². The molecule has 1 atom stereocenters. The molecule has 164 valence electrons. The molecule has 2 heterocycles. The van der Waals surface area contributed by atoms with Gasteiger partial charge in [0.25, 0.3) is 5.91 Å². The molecule has 2 amide bonds. The molecule has 1 unspecified atom stereocenters. The predicted molar refractivity (Wildman–Crippen MR) is 120 cm³/mol. The molecule has 1 aliphatic carbocycles. The summed E-state index contributed by atoms with van der Waals surface area (Å²) in [6, 6.07) is 7.80. The Morgan fingerprint density at radius 3 is 2.74 bits per heavy atom. The first kappa shape index (κ1) is 21.2. The topological polar surface area (TPSA) is 99.2 Å². The fourth-order valence-corrected chi connectivity index (χ4v) is 4.69. The van der Waals surface area contributed by atoms with Crippen molar-refractivity contribution < 1.29 is 14.7 Å². The van der Waals surface area contributed by atoms with Crippen LogP contribution in [0.15, 0.2) is 47.2 Å². The zero-order valence-corrected chi connectivity index (χ0v) is 18.2. The van der Waals surface area contributed by atoms with Crippen molar-refractivity contribution in [3.8, 4) is 0 Å². The largest absolute Gasteiger partial charge is 0.508 e. The Bertz CT molecular complexity index is 988. The third-order valence-electron chi connectivity index (χ3n) is 6.66. The van der Waals surface area contributed by atoms with Crippen LogP contribution in [0, 0.1) is 5.92 Å². The van der Waals surface area contributed by atoms with Crippen molar-refractivity contribution >= 4 is 23.3 Å². The second kappa shape index (κ2) is 8.21. The van der Waals surface area contributed by atoms with Crippen molar-refractivity contribution in [1.82, 2.24) is 9.80 Å². The number of carbonyl (C=O) groups is 2. The maximum absolute atomic E-state index is 13.4. The number of likely N-dealkylation sites (tertiary alicyclic amines) is 1. The lowest BCUT2D eigenvalue weighted by Gasteiger charge is -2.33. The Labute approximate surface area is 182 Å². The number of aliphatic hydroxyl groups excluding tert-OH is 1. The van der Waals surface area contributed by atoms with Gasteiger partial charge in [-0.25, -0.2) is 4.99 Å². The monoisotopic (exact) mass is 422 g/mol. The average molecular weight is 423 g/mol. The molecular weight excluding hydrogens is 392 g/mol. The molecule has 31 heavy (non-hydrogen) atoms. The highest BCUT2D eigenvalue weighted by Gasteiger charge is 2.46. The fourth-order valence-electron chi connectivity index (χ4n) is 4.69. The predicted octanol–water partition coefficient (Wildman–Crippen LogP) is 2.94. The van der Waals surface area contributed by atoms with Crippen LogP contribution in [0.5, 0.6) is 0 Å². The lowest BCUT2D eigenvalue weighted by Crippen LogP contribution is -2.46. The van der Waals surface area contributed by atoms with Crippen LogP contribution in [0.2, 0.25) is 0 Å². The third-order valence-corrected chi connectivity index (χ3v) is 6.66. The number of hydrogen-bond donors (Lipinski definition) is 2. The molecule has 1 aromatic rings. The van der Waals surface area contributed by atoms with E-state index in [0.29, 0.717) is 12.5 Å². The van der Waals surface area contributed by atoms with Gasteiger partial charge in [0, 0.05) is 26.6 Å². The van der Waals surface area contributed by atoms with E-state index in [4.69, 9.17) is 5.73 Å². The van der Waals surface area contributed by atoms with Crippen LogP contribution >= 0.6 is 0 Å². The van der Waals surface area contributed by atoms with Crippen LogP contribution in [0.3, 0.4) is 0 Å². The Kier molecular flexibility index (Phi) is 5.60. The summed E-state index contributed by atoms with van der Waals surface area (Å²) in [6.07, 6.45) is 6.92. The molecule has 0 radical (unpaired) electrons. The van der Waals surface area contributed by atoms with Crippen LogP contribution in [0.25, 0.3) is 5.57 Å². The van der Waals surface area contributed by atoms with E-state index in [1.165, 1.54) is 0 Å². The molecule has 3 N–H and O–H groups in total. The van der Waals surface area contributed by atoms with E-state index in [0.717, 1.165) is 55.5 Å². The summed E-state index contributed by atoms with van der Waals surface area (Å²) in [5, 5.41) is 9.85. The Hall–Kier alpha value is -3.09. The van der Waals surface area contributed by atoms with Gasteiger partial charge >= 0.3 is 0 Å². The first-order chi connectivity index (χ1) is 14.8. The number of amides is 2. The number of allylic oxidation sites excluding steroid dienone is 3. The molecule has 7 nitrogen and oxygen atoms in total. The van der Waals surface area contributed by atoms with Crippen molar-refractivity contribution in [3.05, 3.63) is 53.3 Å². The van der Waals surface area contributed by atoms with Crippen molar-refractivity contribution in [2.24, 2.45) is 16.6 Å². The molecule has 1 saturated heterocycles. The van der Waals surface area contributed by atoms with Gasteiger partial charge in [-0.1, -0.05) is 18.2 Å². The lowest BCUT2D eigenvalue weighted by molar-refractivity contribution is -0.133. The molecule has 0 saturated carbocycles. The molecule has 3 aliphatic rings. The van der Waals surface area contributed by atoms with Crippen LogP contribution in [-0.2, 0) is 15.1 Å². The van der Waals surface area contributed by atoms with E-state index < -0.39 is 5.54 Å². The Morgan fingerprint density at radius 2 is 2.06 bits per heavy atom. The van der Waals surface area contributed by atoms with E-state index in [1.54, 1.807) is 24.0 Å². The summed E-state index contributed by atoms with van der Waals surface area (Å²) in [4.78, 5) is 33.0. The van der Waals surface area contributed by atoms with E-state index in [-0.39, 0.29) is 23.5 Å². The van der Waals surface area contributed by atoms with Gasteiger partial charge in [0.05, 0.1) is 0 Å². The molecule has 1 fully saturated rings. The summed E-state index contributed by atoms with van der Waals surface area (Å²) in [5.41, 5.74) is 7.97. The van der Waals surface area contributed by atoms with Crippen LogP contribution in [-0.4, -0.2) is 52.3 Å². The average Bonchev–Trinajstić information content (AvgIpc) is 2.98. The molecule has 4 rings (SSSR count). The second-order valence-electron chi connectivity index (χ2n) is 8.83. The Morgan fingerprint density at radius 1 is 1.32 bits per heavy atom. The number of nitrogens with two attached hydrogens (primary N) is 1. The van der Waals surface area contributed by atoms with E-state index >= 15 is 0 Å². The molecule has 0 spiro atoms. The normalized spacial score (nSPS) is 24.7. The highest BCUT2D eigenvalue weighted by molar-refractivity contribution is 6.07. The van der Waals surface area contributed by atoms with Gasteiger partial charge in [-0.15, -0.1) is 0 Å². The maximum atomic E-state index is 13.4. The van der Waals surface area contributed by atoms with E-state index in [2.05, 4.69) is 4.99 Å². The minimum absolute atomic E-state index is 0.0983. The van der Waals surface area contributed by atoms with Crippen molar-refractivity contribution in [2.45, 2.75) is 45.1 Å². The first-order valence-corrected chi connectivity index (χ1v) is 10.9. The van der Waals surface area contributed by atoms with Gasteiger partial charge in [-0.2, -0.15) is 0 Å². The number of carbonyl (C=O) groups excluding carboxylic acids is 2. The number of guanidine groups is 1. The molecule has 2 aliphatic heterocycles. The van der Waals surface area contributed by atoms with Crippen LogP contribution in [0.4, 0.5) is 0 Å². The first-order valence-electron chi connectivity index (χ1n) is 10.9. The number of benzene rings is 1. The van der Waals surface area contributed by atoms with Gasteiger partial charge in [0.15, 0.2) is 11.5 Å². The van der Waals surface area contributed by atoms with E-state index in [9.17, 15) is 14.7 Å². The summed E-state index contributed by atoms with van der Waals surface area (Å²) in [5.74, 6) is 0.810. The zero-order valence-electron chi connectivity index (χ0n) is 18.2.